The molecule has 19 heavy (non-hydrogen) atoms. The number of hydrogen-bond donors (Lipinski definition) is 1. The number of aromatic nitrogens is 1. The van der Waals surface area contributed by atoms with Crippen LogP contribution < -0.4 is 5.32 Å². The largest absolute Gasteiger partial charge is 0.379 e. The van der Waals surface area contributed by atoms with Crippen molar-refractivity contribution in [3.63, 3.8) is 0 Å². The Bertz CT molecular complexity index is 551. The Morgan fingerprint density at radius 3 is 2.42 bits per heavy atom. The van der Waals surface area contributed by atoms with Crippen molar-refractivity contribution in [2.75, 3.05) is 5.32 Å². The Morgan fingerprint density at radius 1 is 1.16 bits per heavy atom. The lowest BCUT2D eigenvalue weighted by molar-refractivity contribution is 0.866. The van der Waals surface area contributed by atoms with E-state index < -0.39 is 0 Å². The topological polar surface area (TPSA) is 24.9 Å². The van der Waals surface area contributed by atoms with E-state index >= 15 is 0 Å². The first kappa shape index (κ1) is 14.5. The minimum Gasteiger partial charge on any atom is -0.379 e. The molecule has 0 unspecified atom stereocenters. The van der Waals surface area contributed by atoms with E-state index in [4.69, 9.17) is 0 Å². The number of anilines is 1. The highest BCUT2D eigenvalue weighted by molar-refractivity contribution is 9.11. The number of hydrogen-bond acceptors (Lipinski definition) is 2. The fourth-order valence-corrected chi connectivity index (χ4v) is 2.87. The zero-order valence-electron chi connectivity index (χ0n) is 11.0. The summed E-state index contributed by atoms with van der Waals surface area (Å²) in [6.07, 6.45) is 1.81. The second-order valence-electron chi connectivity index (χ2n) is 4.71. The molecule has 0 aliphatic rings. The van der Waals surface area contributed by atoms with E-state index in [1.54, 1.807) is 0 Å². The molecule has 0 saturated carbocycles. The van der Waals surface area contributed by atoms with Crippen LogP contribution in [-0.2, 0) is 6.54 Å². The van der Waals surface area contributed by atoms with Crippen molar-refractivity contribution in [3.8, 4) is 0 Å². The van der Waals surface area contributed by atoms with Gasteiger partial charge in [0.25, 0.3) is 0 Å². The summed E-state index contributed by atoms with van der Waals surface area (Å²) in [5, 5.41) is 3.38. The van der Waals surface area contributed by atoms with Gasteiger partial charge in [-0.15, -0.1) is 0 Å². The number of nitrogens with zero attached hydrogens (tertiary/aromatic N) is 1. The number of pyridine rings is 1. The highest BCUT2D eigenvalue weighted by Crippen LogP contribution is 2.21. The Morgan fingerprint density at radius 2 is 1.84 bits per heavy atom. The third kappa shape index (κ3) is 4.05. The first-order valence-electron chi connectivity index (χ1n) is 6.20. The van der Waals surface area contributed by atoms with Crippen molar-refractivity contribution in [1.82, 2.24) is 4.98 Å². The lowest BCUT2D eigenvalue weighted by Gasteiger charge is -2.10. The molecule has 0 fully saturated rings. The minimum atomic E-state index is 0.566. The first-order valence-corrected chi connectivity index (χ1v) is 7.78. The van der Waals surface area contributed by atoms with Crippen LogP contribution in [0.5, 0.6) is 0 Å². The lowest BCUT2D eigenvalue weighted by atomic mass is 10.0. The molecule has 0 spiro atoms. The van der Waals surface area contributed by atoms with Crippen molar-refractivity contribution in [2.24, 2.45) is 0 Å². The summed E-state index contributed by atoms with van der Waals surface area (Å²) in [6, 6.07) is 10.6. The molecule has 1 heterocycles. The molecule has 100 valence electrons. The summed E-state index contributed by atoms with van der Waals surface area (Å²) >= 11 is 6.92. The summed E-state index contributed by atoms with van der Waals surface area (Å²) in [5.74, 6) is 0.566. The van der Waals surface area contributed by atoms with Crippen molar-refractivity contribution in [3.05, 3.63) is 56.7 Å². The molecule has 0 aliphatic heterocycles. The van der Waals surface area contributed by atoms with Gasteiger partial charge in [-0.3, -0.25) is 4.98 Å². The molecular formula is C15H16Br2N2. The average Bonchev–Trinajstić information content (AvgIpc) is 2.38. The van der Waals surface area contributed by atoms with Crippen LogP contribution in [-0.4, -0.2) is 4.98 Å². The highest BCUT2D eigenvalue weighted by atomic mass is 79.9. The molecule has 4 heteroatoms. The molecule has 2 nitrogen and oxygen atoms in total. The summed E-state index contributed by atoms with van der Waals surface area (Å²) in [4.78, 5) is 4.38. The zero-order valence-corrected chi connectivity index (χ0v) is 14.1. The van der Waals surface area contributed by atoms with Crippen molar-refractivity contribution < 1.29 is 0 Å². The number of halogens is 2. The van der Waals surface area contributed by atoms with Gasteiger partial charge in [0.05, 0.1) is 12.2 Å². The van der Waals surface area contributed by atoms with E-state index in [0.717, 1.165) is 20.3 Å². The van der Waals surface area contributed by atoms with Gasteiger partial charge < -0.3 is 5.32 Å². The fourth-order valence-electron chi connectivity index (χ4n) is 1.74. The zero-order chi connectivity index (χ0) is 13.8. The van der Waals surface area contributed by atoms with E-state index in [2.05, 4.69) is 80.3 Å². The van der Waals surface area contributed by atoms with Crippen molar-refractivity contribution >= 4 is 37.5 Å². The van der Waals surface area contributed by atoms with E-state index in [1.165, 1.54) is 5.56 Å². The van der Waals surface area contributed by atoms with Crippen LogP contribution in [0.4, 0.5) is 5.69 Å². The number of rotatable bonds is 4. The maximum Gasteiger partial charge on any atom is 0.0737 e. The molecule has 0 aliphatic carbocycles. The highest BCUT2D eigenvalue weighted by Gasteiger charge is 2.03. The number of benzene rings is 1. The monoisotopic (exact) mass is 382 g/mol. The van der Waals surface area contributed by atoms with Gasteiger partial charge >= 0.3 is 0 Å². The molecule has 1 N–H and O–H groups in total. The minimum absolute atomic E-state index is 0.566. The van der Waals surface area contributed by atoms with Crippen LogP contribution in [0.1, 0.15) is 31.0 Å². The normalized spacial score (nSPS) is 10.8. The maximum atomic E-state index is 4.38. The van der Waals surface area contributed by atoms with E-state index in [0.29, 0.717) is 12.5 Å². The van der Waals surface area contributed by atoms with Gasteiger partial charge in [-0.25, -0.2) is 0 Å². The van der Waals surface area contributed by atoms with Gasteiger partial charge in [0.2, 0.25) is 0 Å². The standard InChI is InChI=1S/C15H16Br2N2/c1-10(2)11-3-5-13(6-4-11)18-9-15-14(17)7-12(16)8-19-15/h3-8,10,18H,9H2,1-2H3. The SMILES string of the molecule is CC(C)c1ccc(NCc2ncc(Br)cc2Br)cc1. The molecule has 0 bridgehead atoms. The van der Waals surface area contributed by atoms with Crippen LogP contribution in [0, 0.1) is 0 Å². The van der Waals surface area contributed by atoms with Crippen molar-refractivity contribution in [2.45, 2.75) is 26.3 Å². The van der Waals surface area contributed by atoms with Crippen molar-refractivity contribution in [1.29, 1.82) is 0 Å². The van der Waals surface area contributed by atoms with Crippen LogP contribution in [0.25, 0.3) is 0 Å². The van der Waals surface area contributed by atoms with Crippen LogP contribution >= 0.6 is 31.9 Å². The Kier molecular flexibility index (Phi) is 4.99. The summed E-state index contributed by atoms with van der Waals surface area (Å²) in [6.45, 7) is 5.10. The smallest absolute Gasteiger partial charge is 0.0737 e. The van der Waals surface area contributed by atoms with E-state index in [9.17, 15) is 0 Å². The molecule has 0 atom stereocenters. The average molecular weight is 384 g/mol. The Hall–Kier alpha value is -0.870. The van der Waals surface area contributed by atoms with E-state index in [-0.39, 0.29) is 0 Å². The predicted octanol–water partition coefficient (Wildman–Crippen LogP) is 5.34. The number of nitrogens with one attached hydrogen (secondary N) is 1. The van der Waals surface area contributed by atoms with Gasteiger partial charge in [-0.05, 0) is 61.5 Å². The molecule has 1 aromatic carbocycles. The lowest BCUT2D eigenvalue weighted by Crippen LogP contribution is -2.02. The third-order valence-corrected chi connectivity index (χ3v) is 4.04. The van der Waals surface area contributed by atoms with Gasteiger partial charge in [-0.1, -0.05) is 26.0 Å². The molecule has 2 rings (SSSR count). The summed E-state index contributed by atoms with van der Waals surface area (Å²) < 4.78 is 1.98. The van der Waals surface area contributed by atoms with Gasteiger partial charge in [0, 0.05) is 20.8 Å². The third-order valence-electron chi connectivity index (χ3n) is 2.92. The molecule has 0 amide bonds. The van der Waals surface area contributed by atoms with Gasteiger partial charge in [0.1, 0.15) is 0 Å². The summed E-state index contributed by atoms with van der Waals surface area (Å²) in [5.41, 5.74) is 3.46. The fraction of sp³-hybridized carbons (Fsp3) is 0.267. The Balaban J connectivity index is 2.02. The van der Waals surface area contributed by atoms with Gasteiger partial charge in [-0.2, -0.15) is 0 Å². The maximum absolute atomic E-state index is 4.38. The molecule has 0 saturated heterocycles. The second-order valence-corrected chi connectivity index (χ2v) is 6.48. The molecular weight excluding hydrogens is 368 g/mol. The van der Waals surface area contributed by atoms with Gasteiger partial charge in [0.15, 0.2) is 0 Å². The van der Waals surface area contributed by atoms with Crippen LogP contribution in [0.3, 0.4) is 0 Å². The predicted molar refractivity (Wildman–Crippen MR) is 87.5 cm³/mol. The molecule has 2 aromatic rings. The second kappa shape index (κ2) is 6.53. The first-order chi connectivity index (χ1) is 9.06. The van der Waals surface area contributed by atoms with E-state index in [1.807, 2.05) is 12.3 Å². The summed E-state index contributed by atoms with van der Waals surface area (Å²) in [7, 11) is 0. The van der Waals surface area contributed by atoms with Crippen LogP contribution in [0.15, 0.2) is 45.5 Å². The Labute approximate surface area is 130 Å². The quantitative estimate of drug-likeness (QED) is 0.770. The molecule has 1 aromatic heterocycles. The molecule has 0 radical (unpaired) electrons. The van der Waals surface area contributed by atoms with Crippen LogP contribution in [0.2, 0.25) is 0 Å².